The van der Waals surface area contributed by atoms with Gasteiger partial charge in [-0.2, -0.15) is 5.10 Å². The van der Waals surface area contributed by atoms with Crippen molar-refractivity contribution in [2.75, 3.05) is 0 Å². The number of rotatable bonds is 2. The summed E-state index contributed by atoms with van der Waals surface area (Å²) in [5, 5.41) is 8.59. The molecule has 0 saturated heterocycles. The van der Waals surface area contributed by atoms with Gasteiger partial charge in [0.25, 0.3) is 0 Å². The van der Waals surface area contributed by atoms with Crippen LogP contribution in [-0.2, 0) is 19.4 Å². The fraction of sp³-hybridized carbons (Fsp3) is 0.500. The molecule has 0 spiro atoms. The molecular weight excluding hydrogens is 238 g/mol. The number of hydrogen-bond donors (Lipinski definition) is 1. The lowest BCUT2D eigenvalue weighted by Crippen LogP contribution is -2.14. The zero-order valence-electron chi connectivity index (χ0n) is 11.5. The second-order valence-electron chi connectivity index (χ2n) is 5.13. The van der Waals surface area contributed by atoms with Gasteiger partial charge < -0.3 is 5.73 Å². The molecule has 0 fully saturated rings. The Bertz CT molecular complexity index is 615. The number of imidazole rings is 1. The van der Waals surface area contributed by atoms with Gasteiger partial charge in [-0.05, 0) is 45.1 Å². The van der Waals surface area contributed by atoms with Crippen LogP contribution in [0, 0.1) is 13.8 Å². The van der Waals surface area contributed by atoms with E-state index in [0.717, 1.165) is 35.5 Å². The maximum Gasteiger partial charge on any atom is 0.165 e. The van der Waals surface area contributed by atoms with Gasteiger partial charge in [0.1, 0.15) is 6.33 Å². The molecule has 1 aliphatic carbocycles. The Morgan fingerprint density at radius 1 is 1.21 bits per heavy atom. The van der Waals surface area contributed by atoms with E-state index in [2.05, 4.69) is 26.7 Å². The van der Waals surface area contributed by atoms with Crippen molar-refractivity contribution in [3.8, 4) is 5.82 Å². The summed E-state index contributed by atoms with van der Waals surface area (Å²) in [5.41, 5.74) is 11.5. The van der Waals surface area contributed by atoms with E-state index >= 15 is 0 Å². The third-order valence-electron chi connectivity index (χ3n) is 4.02. The number of aryl methyl sites for hydroxylation is 2. The minimum Gasteiger partial charge on any atom is -0.326 e. The first-order valence-electron chi connectivity index (χ1n) is 6.80. The SMILES string of the molecule is Cc1nnc(-n2cnc3c2CCCC3)c(CN)c1C. The summed E-state index contributed by atoms with van der Waals surface area (Å²) in [5.74, 6) is 0.848. The Morgan fingerprint density at radius 2 is 2.00 bits per heavy atom. The molecule has 0 aliphatic heterocycles. The van der Waals surface area contributed by atoms with Crippen LogP contribution in [0.1, 0.15) is 41.1 Å². The maximum absolute atomic E-state index is 5.90. The average molecular weight is 257 g/mol. The van der Waals surface area contributed by atoms with Crippen molar-refractivity contribution in [1.82, 2.24) is 19.7 Å². The molecule has 2 aromatic rings. The van der Waals surface area contributed by atoms with Gasteiger partial charge in [0.05, 0.1) is 11.4 Å². The van der Waals surface area contributed by atoms with Crippen molar-refractivity contribution in [3.63, 3.8) is 0 Å². The second kappa shape index (κ2) is 4.74. The summed E-state index contributed by atoms with van der Waals surface area (Å²) < 4.78 is 2.08. The second-order valence-corrected chi connectivity index (χ2v) is 5.13. The van der Waals surface area contributed by atoms with Crippen molar-refractivity contribution >= 4 is 0 Å². The number of fused-ring (bicyclic) bond motifs is 1. The van der Waals surface area contributed by atoms with E-state index in [1.165, 1.54) is 24.2 Å². The van der Waals surface area contributed by atoms with Crippen molar-refractivity contribution in [1.29, 1.82) is 0 Å². The summed E-state index contributed by atoms with van der Waals surface area (Å²) in [6.07, 6.45) is 6.45. The molecule has 0 saturated carbocycles. The third-order valence-corrected chi connectivity index (χ3v) is 4.02. The van der Waals surface area contributed by atoms with E-state index in [1.807, 2.05) is 13.3 Å². The maximum atomic E-state index is 5.90. The molecule has 1 aliphatic rings. The molecule has 5 heteroatoms. The van der Waals surface area contributed by atoms with Gasteiger partial charge in [-0.25, -0.2) is 4.98 Å². The van der Waals surface area contributed by atoms with Gasteiger partial charge >= 0.3 is 0 Å². The van der Waals surface area contributed by atoms with Crippen LogP contribution in [0.3, 0.4) is 0 Å². The molecular formula is C14H19N5. The highest BCUT2D eigenvalue weighted by Crippen LogP contribution is 2.25. The highest BCUT2D eigenvalue weighted by atomic mass is 15.2. The van der Waals surface area contributed by atoms with E-state index in [9.17, 15) is 0 Å². The zero-order chi connectivity index (χ0) is 13.4. The first-order chi connectivity index (χ1) is 9.22. The summed E-state index contributed by atoms with van der Waals surface area (Å²) in [4.78, 5) is 4.51. The molecule has 0 atom stereocenters. The van der Waals surface area contributed by atoms with Crippen LogP contribution in [0.4, 0.5) is 0 Å². The Hall–Kier alpha value is -1.75. The molecule has 3 rings (SSSR count). The van der Waals surface area contributed by atoms with Crippen molar-refractivity contribution in [2.45, 2.75) is 46.1 Å². The van der Waals surface area contributed by atoms with E-state index in [1.54, 1.807) is 0 Å². The van der Waals surface area contributed by atoms with Gasteiger partial charge in [-0.15, -0.1) is 5.10 Å². The number of aromatic nitrogens is 4. The Labute approximate surface area is 112 Å². The smallest absolute Gasteiger partial charge is 0.165 e. The largest absolute Gasteiger partial charge is 0.326 e. The lowest BCUT2D eigenvalue weighted by molar-refractivity contribution is 0.651. The van der Waals surface area contributed by atoms with Crippen LogP contribution >= 0.6 is 0 Å². The number of hydrogen-bond acceptors (Lipinski definition) is 4. The lowest BCUT2D eigenvalue weighted by Gasteiger charge is -2.16. The van der Waals surface area contributed by atoms with Crippen LogP contribution in [-0.4, -0.2) is 19.7 Å². The third kappa shape index (κ3) is 1.94. The van der Waals surface area contributed by atoms with Gasteiger partial charge in [0.15, 0.2) is 5.82 Å². The normalized spacial score (nSPS) is 14.5. The van der Waals surface area contributed by atoms with E-state index in [0.29, 0.717) is 6.54 Å². The fourth-order valence-corrected chi connectivity index (χ4v) is 2.73. The average Bonchev–Trinajstić information content (AvgIpc) is 2.85. The van der Waals surface area contributed by atoms with Crippen LogP contribution in [0.2, 0.25) is 0 Å². The van der Waals surface area contributed by atoms with Crippen LogP contribution in [0.25, 0.3) is 5.82 Å². The molecule has 100 valence electrons. The standard InChI is InChI=1S/C14H19N5/c1-9-10(2)17-18-14(11(9)7-15)19-8-16-12-5-3-4-6-13(12)19/h8H,3-7,15H2,1-2H3. The fourth-order valence-electron chi connectivity index (χ4n) is 2.73. The molecule has 5 nitrogen and oxygen atoms in total. The van der Waals surface area contributed by atoms with Crippen molar-refractivity contribution in [2.24, 2.45) is 5.73 Å². The summed E-state index contributed by atoms with van der Waals surface area (Å²) in [6, 6.07) is 0. The Balaban J connectivity index is 2.17. The van der Waals surface area contributed by atoms with E-state index < -0.39 is 0 Å². The molecule has 19 heavy (non-hydrogen) atoms. The molecule has 0 unspecified atom stereocenters. The first kappa shape index (κ1) is 12.3. The Kier molecular flexibility index (Phi) is 3.06. The molecule has 2 heterocycles. The minimum absolute atomic E-state index is 0.477. The molecule has 0 radical (unpaired) electrons. The summed E-state index contributed by atoms with van der Waals surface area (Å²) in [7, 11) is 0. The van der Waals surface area contributed by atoms with Crippen LogP contribution in [0.5, 0.6) is 0 Å². The summed E-state index contributed by atoms with van der Waals surface area (Å²) >= 11 is 0. The van der Waals surface area contributed by atoms with Crippen molar-refractivity contribution in [3.05, 3.63) is 34.5 Å². The summed E-state index contributed by atoms with van der Waals surface area (Å²) in [6.45, 7) is 4.50. The molecule has 0 amide bonds. The quantitative estimate of drug-likeness (QED) is 0.887. The van der Waals surface area contributed by atoms with Crippen LogP contribution in [0.15, 0.2) is 6.33 Å². The molecule has 0 aromatic carbocycles. The van der Waals surface area contributed by atoms with Crippen molar-refractivity contribution < 1.29 is 0 Å². The van der Waals surface area contributed by atoms with Gasteiger partial charge in [0, 0.05) is 17.8 Å². The predicted octanol–water partition coefficient (Wildman–Crippen LogP) is 1.62. The monoisotopic (exact) mass is 257 g/mol. The first-order valence-corrected chi connectivity index (χ1v) is 6.80. The minimum atomic E-state index is 0.477. The lowest BCUT2D eigenvalue weighted by atomic mass is 10.0. The molecule has 2 aromatic heterocycles. The highest BCUT2D eigenvalue weighted by Gasteiger charge is 2.19. The van der Waals surface area contributed by atoms with Gasteiger partial charge in [0.2, 0.25) is 0 Å². The van der Waals surface area contributed by atoms with Gasteiger partial charge in [-0.3, -0.25) is 4.57 Å². The topological polar surface area (TPSA) is 69.6 Å². The van der Waals surface area contributed by atoms with E-state index in [-0.39, 0.29) is 0 Å². The zero-order valence-corrected chi connectivity index (χ0v) is 11.5. The number of nitrogens with two attached hydrogens (primary N) is 1. The Morgan fingerprint density at radius 3 is 2.79 bits per heavy atom. The molecule has 0 bridgehead atoms. The van der Waals surface area contributed by atoms with E-state index in [4.69, 9.17) is 5.73 Å². The predicted molar refractivity (Wildman–Crippen MR) is 73.2 cm³/mol. The van der Waals surface area contributed by atoms with Crippen LogP contribution < -0.4 is 5.73 Å². The molecule has 2 N–H and O–H groups in total. The highest BCUT2D eigenvalue weighted by molar-refractivity contribution is 5.42. The number of nitrogens with zero attached hydrogens (tertiary/aromatic N) is 4. The van der Waals surface area contributed by atoms with Gasteiger partial charge in [-0.1, -0.05) is 0 Å².